The van der Waals surface area contributed by atoms with E-state index in [0.29, 0.717) is 21.8 Å². The average Bonchev–Trinajstić information content (AvgIpc) is 3.66. The Morgan fingerprint density at radius 2 is 1.92 bits per heavy atom. The second-order valence-corrected chi connectivity index (χ2v) is 10.9. The molecule has 7 rings (SSSR count). The predicted molar refractivity (Wildman–Crippen MR) is 142 cm³/mol. The largest absolute Gasteiger partial charge is 0.434 e. The molecule has 0 radical (unpaired) electrons. The molecule has 0 N–H and O–H groups in total. The molecular weight excluding hydrogens is 510 g/mol. The second kappa shape index (κ2) is 9.05. The first-order valence-corrected chi connectivity index (χ1v) is 13.3. The molecule has 4 aromatic rings. The average molecular weight is 535 g/mol. The van der Waals surface area contributed by atoms with Gasteiger partial charge in [0.05, 0.1) is 10.5 Å². The third-order valence-electron chi connectivity index (χ3n) is 8.06. The molecule has 3 aromatic heterocycles. The molecule has 1 aliphatic heterocycles. The molecule has 4 heterocycles. The molecule has 2 fully saturated rings. The number of hydrogen-bond acceptors (Lipinski definition) is 6. The lowest BCUT2D eigenvalue weighted by Crippen LogP contribution is -2.42. The van der Waals surface area contributed by atoms with Crippen LogP contribution in [-0.4, -0.2) is 34.8 Å². The number of aromatic nitrogens is 3. The molecular formula is C29H25ClF2N4O2. The fourth-order valence-electron chi connectivity index (χ4n) is 5.90. The van der Waals surface area contributed by atoms with Crippen molar-refractivity contribution in [1.82, 2.24) is 15.1 Å². The molecule has 1 aromatic carbocycles. The maximum absolute atomic E-state index is 12.9. The van der Waals surface area contributed by atoms with Crippen LogP contribution in [-0.2, 0) is 0 Å². The Bertz CT molecular complexity index is 1560. The summed E-state index contributed by atoms with van der Waals surface area (Å²) < 4.78 is 36.4. The summed E-state index contributed by atoms with van der Waals surface area (Å²) in [4.78, 5) is 10.7. The van der Waals surface area contributed by atoms with Crippen LogP contribution in [0.3, 0.4) is 0 Å². The van der Waals surface area contributed by atoms with E-state index in [0.717, 1.165) is 73.5 Å². The summed E-state index contributed by atoms with van der Waals surface area (Å²) in [5, 5.41) is 5.61. The maximum Gasteiger partial charge on any atom is 0.387 e. The smallest absolute Gasteiger partial charge is 0.387 e. The van der Waals surface area contributed by atoms with Crippen molar-refractivity contribution < 1.29 is 18.0 Å². The van der Waals surface area contributed by atoms with E-state index in [4.69, 9.17) is 20.9 Å². The lowest BCUT2D eigenvalue weighted by Gasteiger charge is -2.47. The fraction of sp³-hybridized carbons (Fsp3) is 0.345. The molecule has 3 aliphatic rings. The molecule has 1 spiro atoms. The van der Waals surface area contributed by atoms with E-state index >= 15 is 0 Å². The van der Waals surface area contributed by atoms with Gasteiger partial charge in [-0.25, -0.2) is 0 Å². The molecule has 2 aliphatic carbocycles. The molecule has 1 saturated heterocycles. The highest BCUT2D eigenvalue weighted by Gasteiger charge is 2.44. The number of benzene rings is 1. The van der Waals surface area contributed by atoms with E-state index in [1.165, 1.54) is 17.8 Å². The van der Waals surface area contributed by atoms with Gasteiger partial charge in [-0.1, -0.05) is 22.8 Å². The highest BCUT2D eigenvalue weighted by atomic mass is 35.5. The number of pyridine rings is 2. The van der Waals surface area contributed by atoms with Crippen molar-refractivity contribution in [1.29, 1.82) is 0 Å². The first-order valence-electron chi connectivity index (χ1n) is 12.9. The Morgan fingerprint density at radius 1 is 1.11 bits per heavy atom. The van der Waals surface area contributed by atoms with Crippen molar-refractivity contribution in [2.24, 2.45) is 5.41 Å². The number of nitrogens with zero attached hydrogens (tertiary/aromatic N) is 4. The van der Waals surface area contributed by atoms with Gasteiger partial charge in [0.25, 0.3) is 0 Å². The van der Waals surface area contributed by atoms with E-state index in [1.54, 1.807) is 12.4 Å². The van der Waals surface area contributed by atoms with E-state index in [-0.39, 0.29) is 11.2 Å². The molecule has 0 atom stereocenters. The van der Waals surface area contributed by atoms with Gasteiger partial charge in [-0.2, -0.15) is 8.78 Å². The Balaban J connectivity index is 1.13. The van der Waals surface area contributed by atoms with Gasteiger partial charge >= 0.3 is 6.61 Å². The molecule has 9 heteroatoms. The topological polar surface area (TPSA) is 64.3 Å². The number of allylic oxidation sites excluding steroid dienone is 2. The summed E-state index contributed by atoms with van der Waals surface area (Å²) in [5.41, 5.74) is 5.84. The highest BCUT2D eigenvalue weighted by molar-refractivity contribution is 6.33. The summed E-state index contributed by atoms with van der Waals surface area (Å²) in [6.45, 7) is -1.12. The minimum Gasteiger partial charge on any atom is -0.434 e. The van der Waals surface area contributed by atoms with Crippen molar-refractivity contribution in [3.63, 3.8) is 0 Å². The minimum absolute atomic E-state index is 0.144. The van der Waals surface area contributed by atoms with E-state index in [1.807, 2.05) is 24.3 Å². The van der Waals surface area contributed by atoms with Gasteiger partial charge < -0.3 is 14.2 Å². The quantitative estimate of drug-likeness (QED) is 0.255. The summed E-state index contributed by atoms with van der Waals surface area (Å²) in [5.74, 6) is 1.57. The number of alkyl halides is 2. The lowest BCUT2D eigenvalue weighted by atomic mass is 9.63. The fourth-order valence-corrected chi connectivity index (χ4v) is 6.11. The van der Waals surface area contributed by atoms with Gasteiger partial charge in [0.15, 0.2) is 0 Å². The number of fused-ring (bicyclic) bond motifs is 1. The Kier molecular flexibility index (Phi) is 5.62. The van der Waals surface area contributed by atoms with Crippen LogP contribution in [0.25, 0.3) is 27.7 Å². The molecule has 194 valence electrons. The standard InChI is InChI=1S/C29H25ClF2N4O2/c30-22-16-33-9-5-20(22)26-25(27(38-35-26)17-1-2-17)18-14-29(15-18)7-11-36(12-8-29)19-3-4-23-21(13-19)24(6-10-34-23)37-28(31)32/h3-6,9-10,13-14,16-17,28H,1-2,7-8,11-12,15H2. The number of halogens is 3. The van der Waals surface area contributed by atoms with Crippen molar-refractivity contribution in [2.75, 3.05) is 18.0 Å². The predicted octanol–water partition coefficient (Wildman–Crippen LogP) is 7.49. The van der Waals surface area contributed by atoms with E-state index in [9.17, 15) is 8.78 Å². The zero-order chi connectivity index (χ0) is 25.9. The molecule has 0 unspecified atom stereocenters. The van der Waals surface area contributed by atoms with Gasteiger partial charge in [0, 0.05) is 59.8 Å². The summed E-state index contributed by atoms with van der Waals surface area (Å²) in [6, 6.07) is 9.16. The van der Waals surface area contributed by atoms with Gasteiger partial charge in [-0.05, 0) is 73.4 Å². The van der Waals surface area contributed by atoms with Crippen molar-refractivity contribution in [3.05, 3.63) is 71.3 Å². The SMILES string of the molecule is FC(F)Oc1ccnc2ccc(N3CCC4(C=C(c5c(-c6ccncc6Cl)noc5C5CC5)C4)CC3)cc12. The van der Waals surface area contributed by atoms with Crippen LogP contribution in [0.1, 0.15) is 49.3 Å². The van der Waals surface area contributed by atoms with Gasteiger partial charge in [0.1, 0.15) is 17.2 Å². The summed E-state index contributed by atoms with van der Waals surface area (Å²) in [7, 11) is 0. The van der Waals surface area contributed by atoms with E-state index < -0.39 is 6.61 Å². The Hall–Kier alpha value is -3.52. The first kappa shape index (κ1) is 23.6. The van der Waals surface area contributed by atoms with Crippen molar-refractivity contribution in [2.45, 2.75) is 44.6 Å². The first-order chi connectivity index (χ1) is 18.5. The number of hydrogen-bond donors (Lipinski definition) is 0. The van der Waals surface area contributed by atoms with Crippen molar-refractivity contribution >= 4 is 33.8 Å². The number of piperidine rings is 1. The zero-order valence-electron chi connectivity index (χ0n) is 20.5. The third kappa shape index (κ3) is 4.11. The van der Waals surface area contributed by atoms with Crippen LogP contribution >= 0.6 is 11.6 Å². The normalized spacial score (nSPS) is 18.6. The zero-order valence-corrected chi connectivity index (χ0v) is 21.3. The van der Waals surface area contributed by atoms with E-state index in [2.05, 4.69) is 26.1 Å². The summed E-state index contributed by atoms with van der Waals surface area (Å²) in [6.07, 6.45) is 12.5. The number of ether oxygens (including phenoxy) is 1. The van der Waals surface area contributed by atoms with Crippen LogP contribution in [0, 0.1) is 5.41 Å². The molecule has 0 amide bonds. The molecule has 0 bridgehead atoms. The monoisotopic (exact) mass is 534 g/mol. The van der Waals surface area contributed by atoms with Crippen LogP contribution in [0.15, 0.2) is 59.5 Å². The third-order valence-corrected chi connectivity index (χ3v) is 8.36. The number of rotatable bonds is 6. The summed E-state index contributed by atoms with van der Waals surface area (Å²) >= 11 is 6.47. The van der Waals surface area contributed by atoms with Gasteiger partial charge in [-0.3, -0.25) is 9.97 Å². The molecule has 6 nitrogen and oxygen atoms in total. The van der Waals surface area contributed by atoms with Gasteiger partial charge in [-0.15, -0.1) is 0 Å². The number of anilines is 1. The maximum atomic E-state index is 12.9. The van der Waals surface area contributed by atoms with Crippen LogP contribution in [0.5, 0.6) is 5.75 Å². The second-order valence-electron chi connectivity index (χ2n) is 10.5. The Labute approximate surface area is 223 Å². The van der Waals surface area contributed by atoms with Crippen LogP contribution < -0.4 is 9.64 Å². The van der Waals surface area contributed by atoms with Gasteiger partial charge in [0.2, 0.25) is 0 Å². The van der Waals surface area contributed by atoms with Crippen LogP contribution in [0.4, 0.5) is 14.5 Å². The highest BCUT2D eigenvalue weighted by Crippen LogP contribution is 2.56. The van der Waals surface area contributed by atoms with Crippen molar-refractivity contribution in [3.8, 4) is 17.0 Å². The molecule has 38 heavy (non-hydrogen) atoms. The lowest BCUT2D eigenvalue weighted by molar-refractivity contribution is -0.0488. The van der Waals surface area contributed by atoms with Crippen LogP contribution in [0.2, 0.25) is 5.02 Å². The minimum atomic E-state index is -2.88. The molecule has 1 saturated carbocycles. The Morgan fingerprint density at radius 3 is 2.66 bits per heavy atom.